The fourth-order valence-electron chi connectivity index (χ4n) is 4.95. The third-order valence-corrected chi connectivity index (χ3v) is 6.83. The van der Waals surface area contributed by atoms with E-state index in [9.17, 15) is 18.8 Å². The van der Waals surface area contributed by atoms with Crippen LogP contribution in [0.2, 0.25) is 0 Å². The molecule has 1 aromatic heterocycles. The number of hydrogen-bond acceptors (Lipinski definition) is 3. The van der Waals surface area contributed by atoms with Gasteiger partial charge < -0.3 is 5.32 Å². The molecule has 184 valence electrons. The second kappa shape index (κ2) is 10.3. The highest BCUT2D eigenvalue weighted by Crippen LogP contribution is 2.18. The summed E-state index contributed by atoms with van der Waals surface area (Å²) in [6.07, 6.45) is 5.84. The summed E-state index contributed by atoms with van der Waals surface area (Å²) in [7, 11) is 0. The number of carbonyl (C=O) groups excluding carboxylic acids is 1. The highest BCUT2D eigenvalue weighted by Gasteiger charge is 2.17. The highest BCUT2D eigenvalue weighted by atomic mass is 19.1. The van der Waals surface area contributed by atoms with Gasteiger partial charge in [0.15, 0.2) is 0 Å². The third-order valence-electron chi connectivity index (χ3n) is 6.83. The Morgan fingerprint density at radius 1 is 0.861 bits per heavy atom. The Hall–Kier alpha value is -4.00. The summed E-state index contributed by atoms with van der Waals surface area (Å²) in [5, 5.41) is 3.53. The molecule has 0 saturated heterocycles. The molecule has 1 fully saturated rings. The molecule has 5 rings (SSSR count). The monoisotopic (exact) mass is 485 g/mol. The van der Waals surface area contributed by atoms with Gasteiger partial charge in [0.25, 0.3) is 5.56 Å². The lowest BCUT2D eigenvalue weighted by Crippen LogP contribution is -2.39. The Labute approximate surface area is 208 Å². The Morgan fingerprint density at radius 3 is 2.25 bits per heavy atom. The van der Waals surface area contributed by atoms with Crippen molar-refractivity contribution in [2.24, 2.45) is 0 Å². The van der Waals surface area contributed by atoms with Crippen molar-refractivity contribution in [1.82, 2.24) is 14.5 Å². The van der Waals surface area contributed by atoms with Crippen LogP contribution in [0.25, 0.3) is 16.6 Å². The van der Waals surface area contributed by atoms with Crippen molar-refractivity contribution in [2.45, 2.75) is 51.1 Å². The predicted octanol–water partition coefficient (Wildman–Crippen LogP) is 4.33. The van der Waals surface area contributed by atoms with Gasteiger partial charge in [-0.05, 0) is 60.4 Å². The van der Waals surface area contributed by atoms with Crippen LogP contribution in [-0.4, -0.2) is 21.1 Å². The van der Waals surface area contributed by atoms with Crippen molar-refractivity contribution in [1.29, 1.82) is 0 Å². The van der Waals surface area contributed by atoms with Gasteiger partial charge in [-0.2, -0.15) is 0 Å². The molecule has 0 radical (unpaired) electrons. The number of rotatable bonds is 6. The van der Waals surface area contributed by atoms with Crippen LogP contribution in [0.5, 0.6) is 0 Å². The zero-order chi connectivity index (χ0) is 25.1. The molecule has 1 N–H and O–H groups in total. The van der Waals surface area contributed by atoms with Gasteiger partial charge in [-0.3, -0.25) is 14.2 Å². The molecule has 1 aliphatic carbocycles. The van der Waals surface area contributed by atoms with E-state index in [-0.39, 0.29) is 30.7 Å². The minimum absolute atomic E-state index is 0.0147. The standard InChI is InChI=1S/C29H28FN3O3/c30-22-14-10-21(11-15-22)19-32-26-9-5-4-8-25(26)28(35)33(29(32)36)24-16-12-20(13-17-24)18-27(34)31-23-6-2-1-3-7-23/h4-5,8-17,23H,1-3,6-7,18-19H2,(H,31,34). The molecule has 0 aliphatic heterocycles. The molecule has 0 spiro atoms. The van der Waals surface area contributed by atoms with Gasteiger partial charge in [0.2, 0.25) is 5.91 Å². The molecule has 36 heavy (non-hydrogen) atoms. The first-order valence-corrected chi connectivity index (χ1v) is 12.4. The number of carbonyl (C=O) groups is 1. The molecule has 1 saturated carbocycles. The first-order valence-electron chi connectivity index (χ1n) is 12.4. The maximum absolute atomic E-state index is 13.5. The van der Waals surface area contributed by atoms with Crippen LogP contribution in [0.15, 0.2) is 82.4 Å². The fraction of sp³-hybridized carbons (Fsp3) is 0.276. The SMILES string of the molecule is O=C(Cc1ccc(-n2c(=O)c3ccccc3n(Cc3ccc(F)cc3)c2=O)cc1)NC1CCCCC1. The van der Waals surface area contributed by atoms with E-state index in [0.717, 1.165) is 41.4 Å². The van der Waals surface area contributed by atoms with E-state index in [2.05, 4.69) is 5.32 Å². The average molecular weight is 486 g/mol. The molecular formula is C29H28FN3O3. The number of amides is 1. The minimum atomic E-state index is -0.481. The Balaban J connectivity index is 1.46. The van der Waals surface area contributed by atoms with Gasteiger partial charge in [0, 0.05) is 6.04 Å². The van der Waals surface area contributed by atoms with Crippen molar-refractivity contribution < 1.29 is 9.18 Å². The lowest BCUT2D eigenvalue weighted by atomic mass is 9.95. The zero-order valence-corrected chi connectivity index (χ0v) is 20.0. The molecular weight excluding hydrogens is 457 g/mol. The van der Waals surface area contributed by atoms with Crippen molar-refractivity contribution in [2.75, 3.05) is 0 Å². The van der Waals surface area contributed by atoms with Crippen molar-refractivity contribution in [3.63, 3.8) is 0 Å². The number of hydrogen-bond donors (Lipinski definition) is 1. The van der Waals surface area contributed by atoms with Crippen LogP contribution in [-0.2, 0) is 17.8 Å². The highest BCUT2D eigenvalue weighted by molar-refractivity contribution is 5.79. The quantitative estimate of drug-likeness (QED) is 0.442. The topological polar surface area (TPSA) is 73.1 Å². The van der Waals surface area contributed by atoms with E-state index in [4.69, 9.17) is 0 Å². The van der Waals surface area contributed by atoms with Crippen LogP contribution >= 0.6 is 0 Å². The van der Waals surface area contributed by atoms with Crippen LogP contribution < -0.4 is 16.6 Å². The number of halogens is 1. The summed E-state index contributed by atoms with van der Waals surface area (Å²) < 4.78 is 16.1. The molecule has 0 bridgehead atoms. The van der Waals surface area contributed by atoms with E-state index in [1.807, 2.05) is 0 Å². The predicted molar refractivity (Wildman–Crippen MR) is 138 cm³/mol. The third kappa shape index (κ3) is 5.00. The van der Waals surface area contributed by atoms with Crippen molar-refractivity contribution >= 4 is 16.8 Å². The summed E-state index contributed by atoms with van der Waals surface area (Å²) in [5.74, 6) is -0.368. The molecule has 3 aromatic carbocycles. The Bertz CT molecular complexity index is 1500. The summed E-state index contributed by atoms with van der Waals surface area (Å²) in [4.78, 5) is 39.4. The van der Waals surface area contributed by atoms with Gasteiger partial charge >= 0.3 is 5.69 Å². The second-order valence-electron chi connectivity index (χ2n) is 9.40. The zero-order valence-electron chi connectivity index (χ0n) is 20.0. The number of para-hydroxylation sites is 1. The maximum atomic E-state index is 13.5. The van der Waals surface area contributed by atoms with E-state index in [1.165, 1.54) is 23.1 Å². The van der Waals surface area contributed by atoms with Crippen molar-refractivity contribution in [3.05, 3.63) is 111 Å². The number of nitrogens with zero attached hydrogens (tertiary/aromatic N) is 2. The average Bonchev–Trinajstić information content (AvgIpc) is 2.89. The van der Waals surface area contributed by atoms with E-state index >= 15 is 0 Å². The minimum Gasteiger partial charge on any atom is -0.353 e. The fourth-order valence-corrected chi connectivity index (χ4v) is 4.95. The molecule has 0 unspecified atom stereocenters. The normalized spacial score (nSPS) is 14.1. The molecule has 7 heteroatoms. The second-order valence-corrected chi connectivity index (χ2v) is 9.40. The van der Waals surface area contributed by atoms with E-state index in [0.29, 0.717) is 16.6 Å². The molecule has 0 atom stereocenters. The Kier molecular flexibility index (Phi) is 6.80. The first-order chi connectivity index (χ1) is 17.5. The lowest BCUT2D eigenvalue weighted by molar-refractivity contribution is -0.121. The van der Waals surface area contributed by atoms with Crippen LogP contribution in [0, 0.1) is 5.82 Å². The number of benzene rings is 3. The lowest BCUT2D eigenvalue weighted by Gasteiger charge is -2.22. The number of fused-ring (bicyclic) bond motifs is 1. The Morgan fingerprint density at radius 2 is 1.53 bits per heavy atom. The molecule has 1 aliphatic rings. The van der Waals surface area contributed by atoms with Gasteiger partial charge in [-0.25, -0.2) is 13.8 Å². The summed E-state index contributed by atoms with van der Waals surface area (Å²) in [6.45, 7) is 0.194. The van der Waals surface area contributed by atoms with E-state index in [1.54, 1.807) is 60.7 Å². The van der Waals surface area contributed by atoms with Crippen LogP contribution in [0.4, 0.5) is 4.39 Å². The number of nitrogens with one attached hydrogen (secondary N) is 1. The summed E-state index contributed by atoms with van der Waals surface area (Å²) >= 11 is 0. The van der Waals surface area contributed by atoms with Crippen LogP contribution in [0.1, 0.15) is 43.2 Å². The number of aromatic nitrogens is 2. The van der Waals surface area contributed by atoms with Gasteiger partial charge in [0.1, 0.15) is 5.82 Å². The first kappa shape index (κ1) is 23.7. The van der Waals surface area contributed by atoms with Gasteiger partial charge in [0.05, 0.1) is 29.6 Å². The maximum Gasteiger partial charge on any atom is 0.336 e. The van der Waals surface area contributed by atoms with E-state index < -0.39 is 11.2 Å². The smallest absolute Gasteiger partial charge is 0.336 e. The van der Waals surface area contributed by atoms with Crippen LogP contribution in [0.3, 0.4) is 0 Å². The molecule has 1 amide bonds. The molecule has 1 heterocycles. The summed E-state index contributed by atoms with van der Waals surface area (Å²) in [5.41, 5.74) is 1.62. The van der Waals surface area contributed by atoms with Crippen molar-refractivity contribution in [3.8, 4) is 5.69 Å². The molecule has 4 aromatic rings. The van der Waals surface area contributed by atoms with Gasteiger partial charge in [-0.1, -0.05) is 55.7 Å². The largest absolute Gasteiger partial charge is 0.353 e. The summed E-state index contributed by atoms with van der Waals surface area (Å²) in [6, 6.07) is 20.1. The van der Waals surface area contributed by atoms with Gasteiger partial charge in [-0.15, -0.1) is 0 Å². The molecule has 6 nitrogen and oxygen atoms in total.